The molecule has 1 aromatic rings. The Hall–Kier alpha value is -0.540. The number of halogens is 1. The zero-order valence-electron chi connectivity index (χ0n) is 11.8. The molecule has 1 aromatic carbocycles. The number of hydrogen-bond acceptors (Lipinski definition) is 2. The van der Waals surface area contributed by atoms with Crippen molar-refractivity contribution in [2.75, 3.05) is 14.2 Å². The van der Waals surface area contributed by atoms with Crippen LogP contribution in [0.5, 0.6) is 5.75 Å². The lowest BCUT2D eigenvalue weighted by Gasteiger charge is -2.25. The fraction of sp³-hybridized carbons (Fsp3) is 0.600. The third-order valence-electron chi connectivity index (χ3n) is 3.67. The number of benzene rings is 1. The van der Waals surface area contributed by atoms with Gasteiger partial charge < -0.3 is 10.1 Å². The van der Waals surface area contributed by atoms with Gasteiger partial charge in [-0.15, -0.1) is 0 Å². The fourth-order valence-corrected chi connectivity index (χ4v) is 2.91. The zero-order chi connectivity index (χ0) is 13.5. The minimum absolute atomic E-state index is 0.503. The van der Waals surface area contributed by atoms with Gasteiger partial charge in [-0.1, -0.05) is 42.6 Å². The third-order valence-corrected chi connectivity index (χ3v) is 4.16. The van der Waals surface area contributed by atoms with Gasteiger partial charge >= 0.3 is 0 Å². The Kier molecular flexibility index (Phi) is 6.72. The largest absolute Gasteiger partial charge is 0.496 e. The van der Waals surface area contributed by atoms with Gasteiger partial charge in [0.1, 0.15) is 5.75 Å². The molecule has 1 N–H and O–H groups in total. The predicted molar refractivity (Wildman–Crippen MR) is 81.3 cm³/mol. The molecule has 1 unspecified atom stereocenters. The number of likely N-dealkylation sites (N-methyl/N-ethyl adjacent to an activating group) is 1. The Labute approximate surface area is 119 Å². The van der Waals surface area contributed by atoms with E-state index in [9.17, 15) is 0 Å². The highest BCUT2D eigenvalue weighted by Crippen LogP contribution is 2.26. The summed E-state index contributed by atoms with van der Waals surface area (Å²) in [7, 11) is 3.78. The highest BCUT2D eigenvalue weighted by molar-refractivity contribution is 9.10. The van der Waals surface area contributed by atoms with E-state index in [1.54, 1.807) is 7.11 Å². The maximum absolute atomic E-state index is 5.44. The SMILES string of the molecule is CCC(CC)C(Cc1cc(Br)ccc1OC)NC. The summed E-state index contributed by atoms with van der Waals surface area (Å²) in [6, 6.07) is 6.71. The van der Waals surface area contributed by atoms with Crippen molar-refractivity contribution in [3.8, 4) is 5.75 Å². The molecule has 3 heteroatoms. The summed E-state index contributed by atoms with van der Waals surface area (Å²) in [6.07, 6.45) is 3.42. The molecule has 1 rings (SSSR count). The second-order valence-corrected chi connectivity index (χ2v) is 5.55. The third kappa shape index (κ3) is 3.99. The summed E-state index contributed by atoms with van der Waals surface area (Å²) in [5.41, 5.74) is 1.26. The van der Waals surface area contributed by atoms with Crippen molar-refractivity contribution in [1.82, 2.24) is 5.32 Å². The van der Waals surface area contributed by atoms with Gasteiger partial charge in [-0.05, 0) is 43.1 Å². The number of methoxy groups -OCH3 is 1. The van der Waals surface area contributed by atoms with Gasteiger partial charge in [0.05, 0.1) is 7.11 Å². The number of nitrogens with one attached hydrogen (secondary N) is 1. The van der Waals surface area contributed by atoms with Crippen LogP contribution in [-0.2, 0) is 6.42 Å². The quantitative estimate of drug-likeness (QED) is 0.820. The monoisotopic (exact) mass is 313 g/mol. The molecule has 0 amide bonds. The topological polar surface area (TPSA) is 21.3 Å². The second kappa shape index (κ2) is 7.80. The molecule has 102 valence electrons. The van der Waals surface area contributed by atoms with Gasteiger partial charge in [0.15, 0.2) is 0 Å². The molecular formula is C15H24BrNO. The Morgan fingerprint density at radius 2 is 1.94 bits per heavy atom. The fourth-order valence-electron chi connectivity index (χ4n) is 2.51. The number of ether oxygens (including phenoxy) is 1. The van der Waals surface area contributed by atoms with Crippen LogP contribution in [0.4, 0.5) is 0 Å². The van der Waals surface area contributed by atoms with Crippen LogP contribution in [0, 0.1) is 5.92 Å². The molecule has 2 nitrogen and oxygen atoms in total. The summed E-state index contributed by atoms with van der Waals surface area (Å²) in [5.74, 6) is 1.68. The number of rotatable bonds is 7. The maximum atomic E-state index is 5.44. The van der Waals surface area contributed by atoms with E-state index in [0.717, 1.165) is 16.6 Å². The lowest BCUT2D eigenvalue weighted by molar-refractivity contribution is 0.342. The summed E-state index contributed by atoms with van der Waals surface area (Å²) in [6.45, 7) is 4.52. The van der Waals surface area contributed by atoms with Gasteiger partial charge in [0, 0.05) is 10.5 Å². The molecule has 0 saturated heterocycles. The molecule has 0 aliphatic rings. The highest BCUT2D eigenvalue weighted by Gasteiger charge is 2.18. The van der Waals surface area contributed by atoms with Crippen molar-refractivity contribution < 1.29 is 4.74 Å². The predicted octanol–water partition coefficient (Wildman–Crippen LogP) is 4.02. The molecule has 0 saturated carbocycles. The minimum atomic E-state index is 0.503. The van der Waals surface area contributed by atoms with Crippen LogP contribution in [0.2, 0.25) is 0 Å². The summed E-state index contributed by atoms with van der Waals surface area (Å²) < 4.78 is 6.55. The van der Waals surface area contributed by atoms with Gasteiger partial charge in [-0.2, -0.15) is 0 Å². The Balaban J connectivity index is 2.89. The van der Waals surface area contributed by atoms with Crippen LogP contribution in [0.1, 0.15) is 32.3 Å². The van der Waals surface area contributed by atoms with E-state index in [1.165, 1.54) is 18.4 Å². The van der Waals surface area contributed by atoms with Crippen molar-refractivity contribution in [3.63, 3.8) is 0 Å². The first-order valence-corrected chi connectivity index (χ1v) is 7.45. The van der Waals surface area contributed by atoms with E-state index >= 15 is 0 Å². The first-order valence-electron chi connectivity index (χ1n) is 6.65. The summed E-state index contributed by atoms with van der Waals surface area (Å²) >= 11 is 3.53. The van der Waals surface area contributed by atoms with Crippen LogP contribution >= 0.6 is 15.9 Å². The normalized spacial score (nSPS) is 12.8. The van der Waals surface area contributed by atoms with Gasteiger partial charge in [0.2, 0.25) is 0 Å². The summed E-state index contributed by atoms with van der Waals surface area (Å²) in [5, 5.41) is 3.45. The van der Waals surface area contributed by atoms with E-state index in [2.05, 4.69) is 41.2 Å². The van der Waals surface area contributed by atoms with Crippen LogP contribution < -0.4 is 10.1 Å². The first kappa shape index (κ1) is 15.5. The molecule has 0 aromatic heterocycles. The average molecular weight is 314 g/mol. The lowest BCUT2D eigenvalue weighted by atomic mass is 9.89. The van der Waals surface area contributed by atoms with Crippen LogP contribution in [-0.4, -0.2) is 20.2 Å². The molecule has 1 atom stereocenters. The van der Waals surface area contributed by atoms with Crippen LogP contribution in [0.3, 0.4) is 0 Å². The highest BCUT2D eigenvalue weighted by atomic mass is 79.9. The van der Waals surface area contributed by atoms with E-state index in [4.69, 9.17) is 4.74 Å². The molecule has 0 spiro atoms. The van der Waals surface area contributed by atoms with E-state index in [0.29, 0.717) is 12.0 Å². The van der Waals surface area contributed by atoms with Crippen LogP contribution in [0.15, 0.2) is 22.7 Å². The smallest absolute Gasteiger partial charge is 0.122 e. The average Bonchev–Trinajstić information content (AvgIpc) is 2.39. The summed E-state index contributed by atoms with van der Waals surface area (Å²) in [4.78, 5) is 0. The lowest BCUT2D eigenvalue weighted by Crippen LogP contribution is -2.35. The maximum Gasteiger partial charge on any atom is 0.122 e. The Bertz CT molecular complexity index is 364. The zero-order valence-corrected chi connectivity index (χ0v) is 13.4. The molecule has 0 heterocycles. The van der Waals surface area contributed by atoms with E-state index < -0.39 is 0 Å². The molecule has 0 radical (unpaired) electrons. The molecule has 0 aliphatic heterocycles. The first-order chi connectivity index (χ1) is 8.65. The van der Waals surface area contributed by atoms with Crippen molar-refractivity contribution in [2.24, 2.45) is 5.92 Å². The number of hydrogen-bond donors (Lipinski definition) is 1. The standard InChI is InChI=1S/C15H24BrNO/c1-5-11(6-2)14(17-3)10-12-9-13(16)7-8-15(12)18-4/h7-9,11,14,17H,5-6,10H2,1-4H3. The van der Waals surface area contributed by atoms with Crippen molar-refractivity contribution in [2.45, 2.75) is 39.2 Å². The van der Waals surface area contributed by atoms with E-state index in [-0.39, 0.29) is 0 Å². The molecular weight excluding hydrogens is 290 g/mol. The molecule has 18 heavy (non-hydrogen) atoms. The minimum Gasteiger partial charge on any atom is -0.496 e. The van der Waals surface area contributed by atoms with Crippen molar-refractivity contribution in [1.29, 1.82) is 0 Å². The Morgan fingerprint density at radius 1 is 1.28 bits per heavy atom. The molecule has 0 fully saturated rings. The van der Waals surface area contributed by atoms with Crippen molar-refractivity contribution in [3.05, 3.63) is 28.2 Å². The van der Waals surface area contributed by atoms with Gasteiger partial charge in [-0.25, -0.2) is 0 Å². The molecule has 0 aliphatic carbocycles. The molecule has 0 bridgehead atoms. The van der Waals surface area contributed by atoms with Gasteiger partial charge in [0.25, 0.3) is 0 Å². The van der Waals surface area contributed by atoms with E-state index in [1.807, 2.05) is 19.2 Å². The van der Waals surface area contributed by atoms with Crippen LogP contribution in [0.25, 0.3) is 0 Å². The second-order valence-electron chi connectivity index (χ2n) is 4.63. The van der Waals surface area contributed by atoms with Gasteiger partial charge in [-0.3, -0.25) is 0 Å². The Morgan fingerprint density at radius 3 is 2.44 bits per heavy atom. The van der Waals surface area contributed by atoms with Crippen molar-refractivity contribution >= 4 is 15.9 Å².